The van der Waals surface area contributed by atoms with Gasteiger partial charge in [0.2, 0.25) is 5.91 Å². The van der Waals surface area contributed by atoms with Crippen molar-refractivity contribution < 1.29 is 28.6 Å². The zero-order valence-electron chi connectivity index (χ0n) is 16.6. The van der Waals surface area contributed by atoms with E-state index in [4.69, 9.17) is 14.2 Å². The van der Waals surface area contributed by atoms with E-state index in [0.717, 1.165) is 23.1 Å². The molecule has 0 fully saturated rings. The van der Waals surface area contributed by atoms with E-state index >= 15 is 0 Å². The zero-order valence-corrected chi connectivity index (χ0v) is 16.6. The fraction of sp³-hybridized carbons (Fsp3) is 0.381. The van der Waals surface area contributed by atoms with Gasteiger partial charge in [0.1, 0.15) is 0 Å². The van der Waals surface area contributed by atoms with E-state index in [1.165, 1.54) is 14.0 Å². The maximum absolute atomic E-state index is 12.0. The van der Waals surface area contributed by atoms with Crippen LogP contribution in [0.3, 0.4) is 0 Å². The fourth-order valence-electron chi connectivity index (χ4n) is 2.99. The molecule has 150 valence electrons. The van der Waals surface area contributed by atoms with Crippen LogP contribution in [0, 0.1) is 0 Å². The van der Waals surface area contributed by atoms with Crippen LogP contribution in [-0.2, 0) is 31.9 Å². The maximum atomic E-state index is 12.0. The van der Waals surface area contributed by atoms with Gasteiger partial charge < -0.3 is 19.5 Å². The second-order valence-electron chi connectivity index (χ2n) is 6.22. The first-order valence-corrected chi connectivity index (χ1v) is 9.17. The fourth-order valence-corrected chi connectivity index (χ4v) is 2.99. The number of esters is 1. The molecule has 1 N–H and O–H groups in total. The second kappa shape index (κ2) is 9.73. The summed E-state index contributed by atoms with van der Waals surface area (Å²) in [7, 11) is 1.34. The minimum atomic E-state index is -0.842. The molecule has 1 amide bonds. The number of fused-ring (bicyclic) bond motifs is 1. The number of anilines is 1. The van der Waals surface area contributed by atoms with Gasteiger partial charge in [-0.05, 0) is 30.0 Å². The Kier molecular flexibility index (Phi) is 7.37. The first kappa shape index (κ1) is 21.2. The molecule has 0 aliphatic heterocycles. The molecular formula is C21H25NO6. The van der Waals surface area contributed by atoms with Gasteiger partial charge in [0.15, 0.2) is 5.75 Å². The van der Waals surface area contributed by atoms with Gasteiger partial charge in [0.05, 0.1) is 25.8 Å². The van der Waals surface area contributed by atoms with Crippen LogP contribution in [0.25, 0.3) is 11.1 Å². The summed E-state index contributed by atoms with van der Waals surface area (Å²) in [5, 5.41) is 2.78. The van der Waals surface area contributed by atoms with Crippen LogP contribution in [0.4, 0.5) is 10.5 Å². The van der Waals surface area contributed by atoms with E-state index in [2.05, 4.69) is 5.32 Å². The van der Waals surface area contributed by atoms with Crippen LogP contribution >= 0.6 is 0 Å². The lowest BCUT2D eigenvalue weighted by Crippen LogP contribution is -2.13. The molecule has 0 unspecified atom stereocenters. The summed E-state index contributed by atoms with van der Waals surface area (Å²) in [6.07, 6.45) is 0.793. The number of ether oxygens (including phenoxy) is 3. The zero-order chi connectivity index (χ0) is 20.7. The summed E-state index contributed by atoms with van der Waals surface area (Å²) < 4.78 is 15.1. The molecule has 0 aromatic carbocycles. The molecule has 0 saturated heterocycles. The van der Waals surface area contributed by atoms with Crippen LogP contribution < -0.4 is 10.1 Å². The van der Waals surface area contributed by atoms with Gasteiger partial charge in [-0.3, -0.25) is 9.59 Å². The van der Waals surface area contributed by atoms with Gasteiger partial charge in [-0.1, -0.05) is 37.6 Å². The van der Waals surface area contributed by atoms with Crippen molar-refractivity contribution in [2.75, 3.05) is 19.0 Å². The highest BCUT2D eigenvalue weighted by molar-refractivity contribution is 5.99. The van der Waals surface area contributed by atoms with Gasteiger partial charge in [0.25, 0.3) is 0 Å². The smallest absolute Gasteiger partial charge is 0.469 e. The molecule has 2 aliphatic carbocycles. The van der Waals surface area contributed by atoms with Crippen molar-refractivity contribution in [3.05, 3.63) is 35.4 Å². The van der Waals surface area contributed by atoms with Crippen LogP contribution in [0.2, 0.25) is 0 Å². The predicted molar refractivity (Wildman–Crippen MR) is 105 cm³/mol. The molecule has 0 aromatic rings. The Morgan fingerprint density at radius 3 is 2.29 bits per heavy atom. The molecule has 0 bridgehead atoms. The lowest BCUT2D eigenvalue weighted by atomic mass is 10.1. The summed E-state index contributed by atoms with van der Waals surface area (Å²) >= 11 is 0. The molecule has 2 aliphatic rings. The first-order chi connectivity index (χ1) is 13.4. The monoisotopic (exact) mass is 387 g/mol. The Labute approximate surface area is 164 Å². The Morgan fingerprint density at radius 1 is 1.04 bits per heavy atom. The van der Waals surface area contributed by atoms with Crippen LogP contribution in [0.1, 0.15) is 38.3 Å². The Hall–Kier alpha value is -3.09. The van der Waals surface area contributed by atoms with E-state index in [0.29, 0.717) is 17.7 Å². The third-order valence-corrected chi connectivity index (χ3v) is 4.14. The summed E-state index contributed by atoms with van der Waals surface area (Å²) in [4.78, 5) is 35.3. The minimum absolute atomic E-state index is 0.128. The Balaban J connectivity index is 2.63. The lowest BCUT2D eigenvalue weighted by Gasteiger charge is -2.09. The molecule has 7 nitrogen and oxygen atoms in total. The number of hydrogen-bond acceptors (Lipinski definition) is 6. The van der Waals surface area contributed by atoms with Gasteiger partial charge in [0, 0.05) is 12.5 Å². The number of rotatable bonds is 7. The number of carbonyl (C=O) groups excluding carboxylic acids is 3. The predicted octanol–water partition coefficient (Wildman–Crippen LogP) is 3.95. The highest BCUT2D eigenvalue weighted by atomic mass is 16.7. The highest BCUT2D eigenvalue weighted by Crippen LogP contribution is 2.47. The van der Waals surface area contributed by atoms with Gasteiger partial charge in [-0.15, -0.1) is 0 Å². The third kappa shape index (κ3) is 5.00. The normalized spacial score (nSPS) is 10.4. The highest BCUT2D eigenvalue weighted by Gasteiger charge is 2.26. The van der Waals surface area contributed by atoms with Crippen LogP contribution in [-0.4, -0.2) is 31.7 Å². The average molecular weight is 387 g/mol. The van der Waals surface area contributed by atoms with Crippen molar-refractivity contribution in [1.29, 1.82) is 0 Å². The first-order valence-electron chi connectivity index (χ1n) is 9.17. The van der Waals surface area contributed by atoms with E-state index in [-0.39, 0.29) is 30.7 Å². The van der Waals surface area contributed by atoms with E-state index in [1.54, 1.807) is 19.1 Å². The molecule has 0 saturated carbocycles. The largest absolute Gasteiger partial charge is 0.513 e. The number of carbonyl (C=O) groups is 3. The van der Waals surface area contributed by atoms with Gasteiger partial charge in [-0.2, -0.15) is 0 Å². The SMILES string of the molecule is CCCc1c2ccc(CC(=O)OC)ccc-2c(OC(=O)OCC)c1NC(C)=O. The van der Waals surface area contributed by atoms with E-state index in [9.17, 15) is 14.4 Å². The number of amides is 1. The number of nitrogens with one attached hydrogen (secondary N) is 1. The Bertz CT molecular complexity index is 845. The number of methoxy groups -OCH3 is 1. The van der Waals surface area contributed by atoms with Crippen molar-refractivity contribution in [2.24, 2.45) is 0 Å². The molecule has 7 heteroatoms. The quantitative estimate of drug-likeness (QED) is 0.723. The third-order valence-electron chi connectivity index (χ3n) is 4.14. The van der Waals surface area contributed by atoms with E-state index in [1.807, 2.05) is 19.1 Å². The van der Waals surface area contributed by atoms with Crippen molar-refractivity contribution in [2.45, 2.75) is 40.0 Å². The van der Waals surface area contributed by atoms with Crippen molar-refractivity contribution in [1.82, 2.24) is 0 Å². The van der Waals surface area contributed by atoms with E-state index < -0.39 is 6.16 Å². The van der Waals surface area contributed by atoms with Crippen molar-refractivity contribution in [3.63, 3.8) is 0 Å². The molecular weight excluding hydrogens is 362 g/mol. The summed E-state index contributed by atoms with van der Waals surface area (Å²) in [6.45, 7) is 5.27. The molecule has 0 heterocycles. The van der Waals surface area contributed by atoms with Crippen molar-refractivity contribution >= 4 is 23.7 Å². The van der Waals surface area contributed by atoms with Gasteiger partial charge in [-0.25, -0.2) is 4.79 Å². The summed E-state index contributed by atoms with van der Waals surface area (Å²) in [5.74, 6) is -0.369. The molecule has 0 radical (unpaired) electrons. The van der Waals surface area contributed by atoms with Gasteiger partial charge >= 0.3 is 12.1 Å². The summed E-state index contributed by atoms with van der Waals surface area (Å²) in [5.41, 5.74) is 3.58. The summed E-state index contributed by atoms with van der Waals surface area (Å²) in [6, 6.07) is 7.23. The van der Waals surface area contributed by atoms with Crippen LogP contribution in [0.15, 0.2) is 24.3 Å². The second-order valence-corrected chi connectivity index (χ2v) is 6.22. The molecule has 2 rings (SSSR count). The molecule has 0 aromatic heterocycles. The van der Waals surface area contributed by atoms with Crippen LogP contribution in [0.5, 0.6) is 5.75 Å². The average Bonchev–Trinajstić information content (AvgIpc) is 2.78. The topological polar surface area (TPSA) is 90.9 Å². The van der Waals surface area contributed by atoms with Crippen molar-refractivity contribution in [3.8, 4) is 16.9 Å². The Morgan fingerprint density at radius 2 is 1.71 bits per heavy atom. The molecule has 28 heavy (non-hydrogen) atoms. The molecule has 0 spiro atoms. The molecule has 0 atom stereocenters. The standard InChI is InChI=1S/C21H25NO6/c1-5-7-16-15-10-8-14(12-18(24)26-4)9-11-17(15)20(19(16)22-13(3)23)28-21(25)27-6-2/h8-11H,5-7,12H2,1-4H3,(H,22,23). The minimum Gasteiger partial charge on any atom is -0.469 e. The number of hydrogen-bond donors (Lipinski definition) is 1. The maximum Gasteiger partial charge on any atom is 0.513 e. The lowest BCUT2D eigenvalue weighted by molar-refractivity contribution is -0.139.